The molecule has 2 heterocycles. The summed E-state index contributed by atoms with van der Waals surface area (Å²) >= 11 is 0. The molecule has 0 aliphatic heterocycles. The van der Waals surface area contributed by atoms with Gasteiger partial charge in [0, 0.05) is 23.5 Å². The number of anilines is 1. The minimum absolute atomic E-state index is 0.0107. The van der Waals surface area contributed by atoms with Crippen molar-refractivity contribution in [3.8, 4) is 17.0 Å². The number of carbonyl (C=O) groups is 1. The maximum atomic E-state index is 12.2. The van der Waals surface area contributed by atoms with E-state index in [9.17, 15) is 18.0 Å². The van der Waals surface area contributed by atoms with Gasteiger partial charge in [-0.1, -0.05) is 12.1 Å². The molecule has 0 aliphatic carbocycles. The Morgan fingerprint density at radius 2 is 1.81 bits per heavy atom. The molecule has 0 saturated heterocycles. The number of benzene rings is 1. The number of H-pyrrole nitrogens is 1. The smallest absolute Gasteiger partial charge is 0.406 e. The van der Waals surface area contributed by atoms with Crippen molar-refractivity contribution in [2.75, 3.05) is 5.32 Å². The molecule has 140 valence electrons. The van der Waals surface area contributed by atoms with Crippen LogP contribution in [0.5, 0.6) is 5.75 Å². The summed E-state index contributed by atoms with van der Waals surface area (Å²) in [6.07, 6.45) is -1.45. The van der Waals surface area contributed by atoms with Crippen LogP contribution in [-0.2, 0) is 11.2 Å². The lowest BCUT2D eigenvalue weighted by atomic mass is 10.1. The number of amides is 1. The second kappa shape index (κ2) is 7.48. The highest BCUT2D eigenvalue weighted by Gasteiger charge is 2.30. The van der Waals surface area contributed by atoms with Crippen LogP contribution in [-0.4, -0.2) is 27.5 Å². The highest BCUT2D eigenvalue weighted by molar-refractivity contribution is 5.92. The van der Waals surface area contributed by atoms with Gasteiger partial charge in [0.15, 0.2) is 5.82 Å². The quantitative estimate of drug-likeness (QED) is 0.709. The molecule has 6 nitrogen and oxygen atoms in total. The van der Waals surface area contributed by atoms with Crippen molar-refractivity contribution < 1.29 is 22.7 Å². The van der Waals surface area contributed by atoms with Gasteiger partial charge in [-0.3, -0.25) is 14.9 Å². The standard InChI is InChI=1S/C18H15F3N4O2/c1-11-16(13-6-8-22-9-7-13)24-25-17(11)23-15(26)10-12-2-4-14(5-3-12)27-18(19,20)21/h2-9H,10H2,1H3,(H2,23,24,25,26). The van der Waals surface area contributed by atoms with Gasteiger partial charge >= 0.3 is 6.36 Å². The van der Waals surface area contributed by atoms with Crippen molar-refractivity contribution in [2.45, 2.75) is 19.7 Å². The molecule has 0 spiro atoms. The fraction of sp³-hybridized carbons (Fsp3) is 0.167. The minimum Gasteiger partial charge on any atom is -0.406 e. The Labute approximate surface area is 152 Å². The molecule has 0 bridgehead atoms. The lowest BCUT2D eigenvalue weighted by Crippen LogP contribution is -2.17. The van der Waals surface area contributed by atoms with Crippen molar-refractivity contribution in [2.24, 2.45) is 0 Å². The molecule has 1 aromatic carbocycles. The first-order valence-corrected chi connectivity index (χ1v) is 7.92. The van der Waals surface area contributed by atoms with Crippen molar-refractivity contribution in [1.29, 1.82) is 0 Å². The highest BCUT2D eigenvalue weighted by atomic mass is 19.4. The number of alkyl halides is 3. The van der Waals surface area contributed by atoms with Crippen LogP contribution < -0.4 is 10.1 Å². The van der Waals surface area contributed by atoms with Crippen molar-refractivity contribution in [1.82, 2.24) is 15.2 Å². The summed E-state index contributed by atoms with van der Waals surface area (Å²) in [4.78, 5) is 16.2. The molecule has 27 heavy (non-hydrogen) atoms. The van der Waals surface area contributed by atoms with E-state index in [-0.39, 0.29) is 18.1 Å². The molecule has 1 amide bonds. The fourth-order valence-corrected chi connectivity index (χ4v) is 2.49. The van der Waals surface area contributed by atoms with Crippen molar-refractivity contribution in [3.05, 3.63) is 59.9 Å². The van der Waals surface area contributed by atoms with Crippen LogP contribution in [0.15, 0.2) is 48.8 Å². The number of hydrogen-bond acceptors (Lipinski definition) is 4. The first-order valence-electron chi connectivity index (χ1n) is 7.92. The summed E-state index contributed by atoms with van der Waals surface area (Å²) < 4.78 is 40.3. The Kier molecular flexibility index (Phi) is 5.11. The third-order valence-electron chi connectivity index (χ3n) is 3.76. The number of ether oxygens (including phenoxy) is 1. The fourth-order valence-electron chi connectivity index (χ4n) is 2.49. The average molecular weight is 376 g/mol. The summed E-state index contributed by atoms with van der Waals surface area (Å²) in [5.41, 5.74) is 2.96. The summed E-state index contributed by atoms with van der Waals surface area (Å²) in [5.74, 6) is -0.281. The number of hydrogen-bond donors (Lipinski definition) is 2. The summed E-state index contributed by atoms with van der Waals surface area (Å²) in [6.45, 7) is 1.82. The molecule has 0 radical (unpaired) electrons. The number of rotatable bonds is 5. The Balaban J connectivity index is 1.64. The second-order valence-electron chi connectivity index (χ2n) is 5.72. The minimum atomic E-state index is -4.75. The van der Waals surface area contributed by atoms with E-state index in [1.54, 1.807) is 12.4 Å². The number of nitrogens with zero attached hydrogens (tertiary/aromatic N) is 2. The largest absolute Gasteiger partial charge is 0.573 e. The number of aromatic nitrogens is 3. The van der Waals surface area contributed by atoms with Gasteiger partial charge in [0.1, 0.15) is 5.75 Å². The van der Waals surface area contributed by atoms with Crippen LogP contribution in [0.1, 0.15) is 11.1 Å². The number of halogens is 3. The molecule has 3 rings (SSSR count). The number of pyridine rings is 1. The van der Waals surface area contributed by atoms with Gasteiger partial charge in [-0.25, -0.2) is 0 Å². The van der Waals surface area contributed by atoms with E-state index in [0.717, 1.165) is 29.0 Å². The van der Waals surface area contributed by atoms with Gasteiger partial charge in [-0.15, -0.1) is 13.2 Å². The van der Waals surface area contributed by atoms with Crippen LogP contribution in [0.4, 0.5) is 19.0 Å². The Bertz CT molecular complexity index is 922. The Morgan fingerprint density at radius 1 is 1.15 bits per heavy atom. The molecule has 0 fully saturated rings. The van der Waals surface area contributed by atoms with Crippen LogP contribution >= 0.6 is 0 Å². The van der Waals surface area contributed by atoms with Crippen molar-refractivity contribution >= 4 is 11.7 Å². The predicted molar refractivity (Wildman–Crippen MR) is 92.0 cm³/mol. The third-order valence-corrected chi connectivity index (χ3v) is 3.76. The third kappa shape index (κ3) is 4.84. The van der Waals surface area contributed by atoms with Gasteiger partial charge in [0.05, 0.1) is 12.1 Å². The first kappa shape index (κ1) is 18.4. The van der Waals surface area contributed by atoms with Crippen molar-refractivity contribution in [3.63, 3.8) is 0 Å². The topological polar surface area (TPSA) is 79.9 Å². The molecule has 3 aromatic rings. The summed E-state index contributed by atoms with van der Waals surface area (Å²) in [7, 11) is 0. The zero-order chi connectivity index (χ0) is 19.4. The molecule has 9 heteroatoms. The van der Waals surface area contributed by atoms with E-state index >= 15 is 0 Å². The molecule has 2 aromatic heterocycles. The van der Waals surface area contributed by atoms with Crippen LogP contribution in [0.2, 0.25) is 0 Å². The monoisotopic (exact) mass is 376 g/mol. The highest BCUT2D eigenvalue weighted by Crippen LogP contribution is 2.26. The molecular formula is C18H15F3N4O2. The van der Waals surface area contributed by atoms with E-state index in [4.69, 9.17) is 0 Å². The predicted octanol–water partition coefficient (Wildman–Crippen LogP) is 3.86. The lowest BCUT2D eigenvalue weighted by molar-refractivity contribution is -0.274. The molecule has 2 N–H and O–H groups in total. The lowest BCUT2D eigenvalue weighted by Gasteiger charge is -2.09. The zero-order valence-corrected chi connectivity index (χ0v) is 14.2. The van der Waals surface area contributed by atoms with Gasteiger partial charge < -0.3 is 10.1 Å². The van der Waals surface area contributed by atoms with E-state index in [2.05, 4.69) is 25.2 Å². The summed E-state index contributed by atoms with van der Waals surface area (Å²) in [5, 5.41) is 9.67. The average Bonchev–Trinajstić information content (AvgIpc) is 2.97. The van der Waals surface area contributed by atoms with Crippen LogP contribution in [0.25, 0.3) is 11.3 Å². The molecule has 0 saturated carbocycles. The number of aromatic amines is 1. The zero-order valence-electron chi connectivity index (χ0n) is 14.2. The SMILES string of the molecule is Cc1c(NC(=O)Cc2ccc(OC(F)(F)F)cc2)n[nH]c1-c1ccncc1. The molecule has 0 aliphatic rings. The summed E-state index contributed by atoms with van der Waals surface area (Å²) in [6, 6.07) is 8.77. The van der Waals surface area contributed by atoms with Crippen LogP contribution in [0.3, 0.4) is 0 Å². The van der Waals surface area contributed by atoms with E-state index < -0.39 is 6.36 Å². The van der Waals surface area contributed by atoms with Crippen LogP contribution in [0, 0.1) is 6.92 Å². The van der Waals surface area contributed by atoms with Gasteiger partial charge in [-0.2, -0.15) is 5.10 Å². The van der Waals surface area contributed by atoms with Gasteiger partial charge in [0.25, 0.3) is 0 Å². The Hall–Kier alpha value is -3.36. The second-order valence-corrected chi connectivity index (χ2v) is 5.72. The Morgan fingerprint density at radius 3 is 2.44 bits per heavy atom. The van der Waals surface area contributed by atoms with E-state index in [0.29, 0.717) is 11.4 Å². The molecule has 0 unspecified atom stereocenters. The normalized spacial score (nSPS) is 11.3. The molecular weight excluding hydrogens is 361 g/mol. The number of carbonyl (C=O) groups excluding carboxylic acids is 1. The van der Waals surface area contributed by atoms with Gasteiger partial charge in [-0.05, 0) is 36.8 Å². The molecule has 0 atom stereocenters. The maximum Gasteiger partial charge on any atom is 0.573 e. The number of nitrogens with one attached hydrogen (secondary N) is 2. The maximum absolute atomic E-state index is 12.2. The first-order chi connectivity index (χ1) is 12.8. The van der Waals surface area contributed by atoms with Gasteiger partial charge in [0.2, 0.25) is 5.91 Å². The van der Waals surface area contributed by atoms with E-state index in [1.165, 1.54) is 12.1 Å². The van der Waals surface area contributed by atoms with E-state index in [1.807, 2.05) is 19.1 Å².